The number of hydrogen-bond donors (Lipinski definition) is 2. The lowest BCUT2D eigenvalue weighted by Gasteiger charge is -2.14. The van der Waals surface area contributed by atoms with Crippen LogP contribution in [0.3, 0.4) is 0 Å². The van der Waals surface area contributed by atoms with Crippen LogP contribution in [0.25, 0.3) is 0 Å². The van der Waals surface area contributed by atoms with E-state index in [9.17, 15) is 14.4 Å². The van der Waals surface area contributed by atoms with Crippen LogP contribution in [-0.2, 0) is 33.7 Å². The van der Waals surface area contributed by atoms with Crippen molar-refractivity contribution < 1.29 is 19.1 Å². The van der Waals surface area contributed by atoms with Gasteiger partial charge < -0.3 is 15.4 Å². The molecule has 6 heteroatoms. The minimum absolute atomic E-state index is 0.119. The van der Waals surface area contributed by atoms with Gasteiger partial charge in [0.25, 0.3) is 5.91 Å². The summed E-state index contributed by atoms with van der Waals surface area (Å²) in [5.74, 6) is -1.05. The predicted molar refractivity (Wildman–Crippen MR) is 106 cm³/mol. The van der Waals surface area contributed by atoms with Crippen LogP contribution in [0, 0.1) is 0 Å². The quantitative estimate of drug-likeness (QED) is 0.755. The Morgan fingerprint density at radius 2 is 1.75 bits per heavy atom. The molecule has 0 aromatic heterocycles. The Morgan fingerprint density at radius 1 is 1.04 bits per heavy atom. The highest BCUT2D eigenvalue weighted by Crippen LogP contribution is 2.25. The summed E-state index contributed by atoms with van der Waals surface area (Å²) in [5.41, 5.74) is 4.54. The Labute approximate surface area is 164 Å². The Balaban J connectivity index is 1.54. The first-order valence-corrected chi connectivity index (χ1v) is 9.39. The Kier molecular flexibility index (Phi) is 6.09. The maximum Gasteiger partial charge on any atom is 0.338 e. The SMILES string of the molecule is CC(=O)NCc1ccc(C(=O)OC(C)C(=O)Nc2ccc3c(c2)CCC3)cc1. The van der Waals surface area contributed by atoms with E-state index in [0.29, 0.717) is 12.1 Å². The lowest BCUT2D eigenvalue weighted by molar-refractivity contribution is -0.123. The molecule has 0 spiro atoms. The number of hydrogen-bond acceptors (Lipinski definition) is 4. The third-order valence-electron chi connectivity index (χ3n) is 4.75. The van der Waals surface area contributed by atoms with E-state index in [1.807, 2.05) is 18.2 Å². The fourth-order valence-corrected chi connectivity index (χ4v) is 3.16. The number of carbonyl (C=O) groups excluding carboxylic acids is 3. The van der Waals surface area contributed by atoms with Gasteiger partial charge in [-0.2, -0.15) is 0 Å². The number of nitrogens with one attached hydrogen (secondary N) is 2. The molecule has 0 aliphatic heterocycles. The summed E-state index contributed by atoms with van der Waals surface area (Å²) >= 11 is 0. The van der Waals surface area contributed by atoms with Crippen molar-refractivity contribution in [3.05, 3.63) is 64.7 Å². The zero-order valence-electron chi connectivity index (χ0n) is 16.1. The third kappa shape index (κ3) is 4.97. The molecule has 1 atom stereocenters. The van der Waals surface area contributed by atoms with E-state index in [1.54, 1.807) is 31.2 Å². The van der Waals surface area contributed by atoms with Crippen LogP contribution < -0.4 is 10.6 Å². The second kappa shape index (κ2) is 8.69. The van der Waals surface area contributed by atoms with Gasteiger partial charge in [0.15, 0.2) is 6.10 Å². The zero-order chi connectivity index (χ0) is 20.1. The molecule has 3 rings (SSSR count). The second-order valence-corrected chi connectivity index (χ2v) is 6.98. The van der Waals surface area contributed by atoms with E-state index in [0.717, 1.165) is 30.5 Å². The summed E-state index contributed by atoms with van der Waals surface area (Å²) in [4.78, 5) is 35.6. The van der Waals surface area contributed by atoms with Crippen LogP contribution in [0.15, 0.2) is 42.5 Å². The van der Waals surface area contributed by atoms with Crippen LogP contribution in [0.2, 0.25) is 0 Å². The van der Waals surface area contributed by atoms with Crippen molar-refractivity contribution in [1.29, 1.82) is 0 Å². The van der Waals surface area contributed by atoms with Gasteiger partial charge in [0, 0.05) is 19.2 Å². The smallest absolute Gasteiger partial charge is 0.338 e. The number of amides is 2. The molecule has 2 aromatic carbocycles. The molecule has 2 amide bonds. The number of rotatable bonds is 6. The monoisotopic (exact) mass is 380 g/mol. The minimum Gasteiger partial charge on any atom is -0.449 e. The minimum atomic E-state index is -0.917. The number of fused-ring (bicyclic) bond motifs is 1. The molecule has 28 heavy (non-hydrogen) atoms. The highest BCUT2D eigenvalue weighted by atomic mass is 16.5. The molecule has 1 aliphatic rings. The molecule has 6 nitrogen and oxygen atoms in total. The van der Waals surface area contributed by atoms with Crippen molar-refractivity contribution in [2.24, 2.45) is 0 Å². The van der Waals surface area contributed by atoms with Crippen LogP contribution in [0.1, 0.15) is 47.3 Å². The maximum absolute atomic E-state index is 12.4. The van der Waals surface area contributed by atoms with E-state index >= 15 is 0 Å². The van der Waals surface area contributed by atoms with E-state index in [2.05, 4.69) is 10.6 Å². The van der Waals surface area contributed by atoms with Crippen LogP contribution in [0.4, 0.5) is 5.69 Å². The third-order valence-corrected chi connectivity index (χ3v) is 4.75. The van der Waals surface area contributed by atoms with Crippen molar-refractivity contribution in [3.63, 3.8) is 0 Å². The molecule has 0 heterocycles. The van der Waals surface area contributed by atoms with E-state index in [-0.39, 0.29) is 11.8 Å². The van der Waals surface area contributed by atoms with Gasteiger partial charge in [-0.3, -0.25) is 9.59 Å². The number of carbonyl (C=O) groups is 3. The lowest BCUT2D eigenvalue weighted by atomic mass is 10.1. The van der Waals surface area contributed by atoms with E-state index in [4.69, 9.17) is 4.74 Å². The van der Waals surface area contributed by atoms with Crippen molar-refractivity contribution in [1.82, 2.24) is 5.32 Å². The van der Waals surface area contributed by atoms with E-state index in [1.165, 1.54) is 18.1 Å². The number of anilines is 1. The van der Waals surface area contributed by atoms with Crippen LogP contribution in [-0.4, -0.2) is 23.9 Å². The average molecular weight is 380 g/mol. The number of benzene rings is 2. The average Bonchev–Trinajstić information content (AvgIpc) is 3.14. The molecule has 0 fully saturated rings. The van der Waals surface area contributed by atoms with Gasteiger partial charge in [-0.15, -0.1) is 0 Å². The Bertz CT molecular complexity index is 890. The fourth-order valence-electron chi connectivity index (χ4n) is 3.16. The summed E-state index contributed by atoms with van der Waals surface area (Å²) in [6.07, 6.45) is 2.34. The maximum atomic E-state index is 12.4. The molecule has 0 bridgehead atoms. The molecule has 2 N–H and O–H groups in total. The number of ether oxygens (including phenoxy) is 1. The van der Waals surface area contributed by atoms with Crippen molar-refractivity contribution >= 4 is 23.5 Å². The number of aryl methyl sites for hydroxylation is 2. The molecule has 0 saturated carbocycles. The summed E-state index contributed by atoms with van der Waals surface area (Å²) in [5, 5.41) is 5.50. The molecule has 0 saturated heterocycles. The first-order valence-electron chi connectivity index (χ1n) is 9.39. The van der Waals surface area contributed by atoms with Gasteiger partial charge in [-0.1, -0.05) is 18.2 Å². The van der Waals surface area contributed by atoms with Crippen molar-refractivity contribution in [2.45, 2.75) is 45.8 Å². The first kappa shape index (κ1) is 19.6. The molecule has 1 aliphatic carbocycles. The standard InChI is InChI=1S/C22H24N2O4/c1-14(21(26)24-20-11-10-17-4-3-5-19(17)12-20)28-22(27)18-8-6-16(7-9-18)13-23-15(2)25/h6-12,14H,3-5,13H2,1-2H3,(H,23,25)(H,24,26). The molecule has 0 radical (unpaired) electrons. The largest absolute Gasteiger partial charge is 0.449 e. The Morgan fingerprint density at radius 3 is 2.46 bits per heavy atom. The Hall–Kier alpha value is -3.15. The molecular weight excluding hydrogens is 356 g/mol. The van der Waals surface area contributed by atoms with Crippen LogP contribution >= 0.6 is 0 Å². The normalized spacial score (nSPS) is 13.4. The van der Waals surface area contributed by atoms with Gasteiger partial charge in [0.2, 0.25) is 5.91 Å². The van der Waals surface area contributed by atoms with Gasteiger partial charge in [0.05, 0.1) is 5.56 Å². The molecule has 1 unspecified atom stereocenters. The first-order chi connectivity index (χ1) is 13.4. The fraction of sp³-hybridized carbons (Fsp3) is 0.318. The summed E-state index contributed by atoms with van der Waals surface area (Å²) in [6.45, 7) is 3.39. The van der Waals surface area contributed by atoms with Crippen molar-refractivity contribution in [3.8, 4) is 0 Å². The number of esters is 1. The summed E-state index contributed by atoms with van der Waals surface area (Å²) < 4.78 is 5.28. The molecule has 146 valence electrons. The van der Waals surface area contributed by atoms with Gasteiger partial charge in [0.1, 0.15) is 0 Å². The molecular formula is C22H24N2O4. The topological polar surface area (TPSA) is 84.5 Å². The lowest BCUT2D eigenvalue weighted by Crippen LogP contribution is -2.30. The van der Waals surface area contributed by atoms with Gasteiger partial charge in [-0.25, -0.2) is 4.79 Å². The second-order valence-electron chi connectivity index (χ2n) is 6.98. The zero-order valence-corrected chi connectivity index (χ0v) is 16.1. The van der Waals surface area contributed by atoms with E-state index < -0.39 is 12.1 Å². The molecule has 2 aromatic rings. The van der Waals surface area contributed by atoms with Gasteiger partial charge in [-0.05, 0) is 67.1 Å². The summed E-state index contributed by atoms with van der Waals surface area (Å²) in [6, 6.07) is 12.6. The predicted octanol–water partition coefficient (Wildman–Crippen LogP) is 3.00. The highest BCUT2D eigenvalue weighted by Gasteiger charge is 2.20. The van der Waals surface area contributed by atoms with Crippen molar-refractivity contribution in [2.75, 3.05) is 5.32 Å². The highest BCUT2D eigenvalue weighted by molar-refractivity contribution is 5.97. The summed E-state index contributed by atoms with van der Waals surface area (Å²) in [7, 11) is 0. The van der Waals surface area contributed by atoms with Gasteiger partial charge >= 0.3 is 5.97 Å². The van der Waals surface area contributed by atoms with Crippen LogP contribution in [0.5, 0.6) is 0 Å².